The van der Waals surface area contributed by atoms with E-state index in [1.54, 1.807) is 12.4 Å². The molecule has 0 spiro atoms. The summed E-state index contributed by atoms with van der Waals surface area (Å²) in [6.07, 6.45) is 4.44. The summed E-state index contributed by atoms with van der Waals surface area (Å²) >= 11 is 2.22. The summed E-state index contributed by atoms with van der Waals surface area (Å²) in [5, 5.41) is 0. The van der Waals surface area contributed by atoms with Gasteiger partial charge in [-0.15, -0.1) is 35.9 Å². The van der Waals surface area contributed by atoms with Crippen LogP contribution in [0.4, 0.5) is 0 Å². The number of benzene rings is 2. The van der Waals surface area contributed by atoms with E-state index < -0.39 is 0 Å². The molecule has 0 amide bonds. The monoisotopic (exact) mass is 458 g/mol. The Morgan fingerprint density at radius 1 is 1.00 bits per heavy atom. The van der Waals surface area contributed by atoms with Gasteiger partial charge in [0.15, 0.2) is 0 Å². The maximum absolute atomic E-state index is 6.10. The minimum absolute atomic E-state index is 0.190. The van der Waals surface area contributed by atoms with Crippen molar-refractivity contribution in [1.29, 1.82) is 0 Å². The molecular formula is C22H25ClN2Pd. The van der Waals surface area contributed by atoms with Gasteiger partial charge in [-0.2, -0.15) is 0 Å². The average Bonchev–Trinajstić information content (AvgIpc) is 2.64. The molecule has 1 aromatic heterocycles. The van der Waals surface area contributed by atoms with Crippen LogP contribution < -0.4 is 5.73 Å². The SMILES string of the molecule is CC(C)(N)Cc1ccccc1-c1[c-]cccc1.Cc1ccncc1.[Cl][Pd+]. The van der Waals surface area contributed by atoms with E-state index in [4.69, 9.17) is 5.73 Å². The van der Waals surface area contributed by atoms with E-state index in [0.717, 1.165) is 12.0 Å². The second-order valence-electron chi connectivity index (χ2n) is 6.62. The Hall–Kier alpha value is -1.50. The summed E-state index contributed by atoms with van der Waals surface area (Å²) in [6, 6.07) is 23.7. The predicted molar refractivity (Wildman–Crippen MR) is 108 cm³/mol. The number of pyridine rings is 1. The zero-order valence-corrected chi connectivity index (χ0v) is 17.7. The summed E-state index contributed by atoms with van der Waals surface area (Å²) in [7, 11) is 4.49. The summed E-state index contributed by atoms with van der Waals surface area (Å²) in [5.41, 5.74) is 10.8. The van der Waals surface area contributed by atoms with Crippen LogP contribution >= 0.6 is 9.53 Å². The molecule has 0 fully saturated rings. The van der Waals surface area contributed by atoms with E-state index in [-0.39, 0.29) is 5.54 Å². The Bertz CT molecular complexity index is 741. The van der Waals surface area contributed by atoms with Gasteiger partial charge in [0.25, 0.3) is 0 Å². The van der Waals surface area contributed by atoms with Gasteiger partial charge in [-0.1, -0.05) is 35.4 Å². The van der Waals surface area contributed by atoms with Crippen LogP contribution in [0, 0.1) is 13.0 Å². The first-order valence-corrected chi connectivity index (χ1v) is 10.3. The summed E-state index contributed by atoms with van der Waals surface area (Å²) in [4.78, 5) is 3.85. The Morgan fingerprint density at radius 2 is 1.62 bits per heavy atom. The summed E-state index contributed by atoms with van der Waals surface area (Å²) < 4.78 is 0. The number of nitrogens with zero attached hydrogens (tertiary/aromatic N) is 1. The van der Waals surface area contributed by atoms with Crippen LogP contribution in [0.3, 0.4) is 0 Å². The molecule has 1 heterocycles. The zero-order valence-electron chi connectivity index (χ0n) is 15.4. The van der Waals surface area contributed by atoms with Gasteiger partial charge in [0.05, 0.1) is 0 Å². The van der Waals surface area contributed by atoms with Crippen molar-refractivity contribution in [2.24, 2.45) is 5.73 Å². The predicted octanol–water partition coefficient (Wildman–Crippen LogP) is 5.51. The van der Waals surface area contributed by atoms with Gasteiger partial charge in [-0.25, -0.2) is 0 Å². The van der Waals surface area contributed by atoms with E-state index in [2.05, 4.69) is 82.9 Å². The molecule has 140 valence electrons. The van der Waals surface area contributed by atoms with Crippen molar-refractivity contribution in [1.82, 2.24) is 4.98 Å². The third kappa shape index (κ3) is 8.74. The van der Waals surface area contributed by atoms with Crippen LogP contribution in [-0.4, -0.2) is 10.5 Å². The molecule has 0 aliphatic heterocycles. The third-order valence-corrected chi connectivity index (χ3v) is 3.51. The topological polar surface area (TPSA) is 38.9 Å². The zero-order chi connectivity index (χ0) is 19.4. The van der Waals surface area contributed by atoms with E-state index in [1.807, 2.05) is 37.3 Å². The molecule has 0 bridgehead atoms. The van der Waals surface area contributed by atoms with Gasteiger partial charge < -0.3 is 5.73 Å². The van der Waals surface area contributed by atoms with Crippen LogP contribution in [-0.2, 0) is 24.6 Å². The quantitative estimate of drug-likeness (QED) is 0.415. The van der Waals surface area contributed by atoms with Gasteiger partial charge in [-0.05, 0) is 44.9 Å². The minimum atomic E-state index is -0.190. The number of hydrogen-bond donors (Lipinski definition) is 1. The van der Waals surface area contributed by atoms with E-state index in [9.17, 15) is 0 Å². The molecule has 3 rings (SSSR count). The van der Waals surface area contributed by atoms with Crippen LogP contribution in [0.2, 0.25) is 0 Å². The summed E-state index contributed by atoms with van der Waals surface area (Å²) in [5.74, 6) is 0. The molecule has 2 aromatic carbocycles. The van der Waals surface area contributed by atoms with Crippen LogP contribution in [0.5, 0.6) is 0 Å². The molecule has 2 nitrogen and oxygen atoms in total. The van der Waals surface area contributed by atoms with Crippen molar-refractivity contribution in [3.8, 4) is 11.1 Å². The fourth-order valence-corrected chi connectivity index (χ4v) is 2.42. The van der Waals surface area contributed by atoms with Crippen molar-refractivity contribution >= 4 is 9.53 Å². The molecular weight excluding hydrogens is 434 g/mol. The molecule has 3 aromatic rings. The Balaban J connectivity index is 0.000000313. The first-order chi connectivity index (χ1) is 12.5. The molecule has 0 atom stereocenters. The van der Waals surface area contributed by atoms with E-state index in [1.165, 1.54) is 16.7 Å². The van der Waals surface area contributed by atoms with Gasteiger partial charge in [0.1, 0.15) is 0 Å². The second kappa shape index (κ2) is 12.0. The normalized spacial score (nSPS) is 10.1. The molecule has 26 heavy (non-hydrogen) atoms. The number of rotatable bonds is 3. The van der Waals surface area contributed by atoms with Gasteiger partial charge >= 0.3 is 27.7 Å². The molecule has 0 aliphatic rings. The van der Waals surface area contributed by atoms with Gasteiger partial charge in [-0.3, -0.25) is 4.98 Å². The molecule has 0 aliphatic carbocycles. The maximum atomic E-state index is 6.10. The molecule has 0 unspecified atom stereocenters. The Morgan fingerprint density at radius 3 is 2.12 bits per heavy atom. The number of halogens is 1. The Kier molecular flexibility index (Phi) is 10.4. The third-order valence-electron chi connectivity index (χ3n) is 3.51. The van der Waals surface area contributed by atoms with Crippen molar-refractivity contribution in [3.63, 3.8) is 0 Å². The number of hydrogen-bond acceptors (Lipinski definition) is 2. The molecule has 0 saturated heterocycles. The first kappa shape index (κ1) is 22.5. The van der Waals surface area contributed by atoms with Crippen LogP contribution in [0.25, 0.3) is 11.1 Å². The van der Waals surface area contributed by atoms with Gasteiger partial charge in [0.2, 0.25) is 0 Å². The van der Waals surface area contributed by atoms with Crippen molar-refractivity contribution in [3.05, 3.63) is 90.3 Å². The number of nitrogens with two attached hydrogens (primary N) is 1. The number of aryl methyl sites for hydroxylation is 1. The fraction of sp³-hybridized carbons (Fsp3) is 0.227. The number of aromatic nitrogens is 1. The molecule has 0 radical (unpaired) electrons. The molecule has 4 heteroatoms. The standard InChI is InChI=1S/C16H18N.C6H7N.ClH.Pd/c1-16(2,17)12-14-10-6-7-11-15(14)13-8-4-3-5-9-13;1-6-2-4-7-5-3-6;;/h3-8,10-11H,12,17H2,1-2H3;2-5H,1H3;1H;/q-1;;;+2/p-1. The fourth-order valence-electron chi connectivity index (χ4n) is 2.42. The van der Waals surface area contributed by atoms with Crippen molar-refractivity contribution in [2.45, 2.75) is 32.7 Å². The second-order valence-corrected chi connectivity index (χ2v) is 6.62. The van der Waals surface area contributed by atoms with E-state index >= 15 is 0 Å². The Labute approximate surface area is 172 Å². The van der Waals surface area contributed by atoms with E-state index in [0.29, 0.717) is 0 Å². The van der Waals surface area contributed by atoms with Crippen molar-refractivity contribution < 1.29 is 18.2 Å². The van der Waals surface area contributed by atoms with Crippen molar-refractivity contribution in [2.75, 3.05) is 0 Å². The summed E-state index contributed by atoms with van der Waals surface area (Å²) in [6.45, 7) is 6.15. The van der Waals surface area contributed by atoms with Crippen LogP contribution in [0.1, 0.15) is 25.0 Å². The molecule has 2 N–H and O–H groups in total. The first-order valence-electron chi connectivity index (χ1n) is 8.28. The molecule has 0 saturated carbocycles. The van der Waals surface area contributed by atoms with Gasteiger partial charge in [0, 0.05) is 17.9 Å². The average molecular weight is 459 g/mol. The van der Waals surface area contributed by atoms with Crippen LogP contribution in [0.15, 0.2) is 73.1 Å².